The van der Waals surface area contributed by atoms with Gasteiger partial charge < -0.3 is 9.80 Å². The van der Waals surface area contributed by atoms with Crippen molar-refractivity contribution in [2.45, 2.75) is 138 Å². The van der Waals surface area contributed by atoms with Crippen LogP contribution in [0.3, 0.4) is 0 Å². The molecule has 0 atom stereocenters. The summed E-state index contributed by atoms with van der Waals surface area (Å²) in [5.74, 6) is 2.63. The van der Waals surface area contributed by atoms with Crippen molar-refractivity contribution in [3.05, 3.63) is 239 Å². The van der Waals surface area contributed by atoms with E-state index in [1.165, 1.54) is 153 Å². The first kappa shape index (κ1) is 51.3. The molecule has 1 spiro atoms. The second-order valence-corrected chi connectivity index (χ2v) is 30.0. The van der Waals surface area contributed by atoms with Gasteiger partial charge in [0.1, 0.15) is 0 Å². The average Bonchev–Trinajstić information content (AvgIpc) is 1.52. The standard InChI is InChI=1S/C80H76N2S/c1-76(2,3)50-27-31-54(32-28-50)81(56-35-37-60-58-19-15-17-25-66(58)78(7,8)68(60)44-56)72-46-70-74(64-23-13-11-21-62(64)72)83-75-65-24-14-12-22-63(65)73(47-71(75)80(70)52-40-48-39-49(42-52)43-53(80)41-48)82(55-33-29-51(30-34-55)77(4,5)6)57-36-38-61-59-20-16-18-26-67(59)79(9,10)69(61)45-57/h11-38,44-49,52-53H,39-43H2,1-10H3. The van der Waals surface area contributed by atoms with Gasteiger partial charge in [0.25, 0.3) is 0 Å². The second kappa shape index (κ2) is 17.9. The van der Waals surface area contributed by atoms with Crippen LogP contribution >= 0.6 is 11.8 Å². The molecule has 0 amide bonds. The molecule has 0 radical (unpaired) electrons. The van der Waals surface area contributed by atoms with E-state index < -0.39 is 0 Å². The molecule has 1 aliphatic heterocycles. The van der Waals surface area contributed by atoms with Gasteiger partial charge in [-0.15, -0.1) is 0 Å². The molecule has 17 rings (SSSR count). The fourth-order valence-corrected chi connectivity index (χ4v) is 19.1. The van der Waals surface area contributed by atoms with Gasteiger partial charge in [-0.1, -0.05) is 214 Å². The van der Waals surface area contributed by atoms with Crippen molar-refractivity contribution < 1.29 is 0 Å². The molecule has 4 bridgehead atoms. The van der Waals surface area contributed by atoms with E-state index >= 15 is 0 Å². The van der Waals surface area contributed by atoms with Gasteiger partial charge in [-0.05, 0) is 205 Å². The normalized spacial score (nSPS) is 20.7. The molecule has 10 aromatic rings. The summed E-state index contributed by atoms with van der Waals surface area (Å²) in [5.41, 5.74) is 23.8. The predicted octanol–water partition coefficient (Wildman–Crippen LogP) is 22.3. The van der Waals surface area contributed by atoms with Crippen molar-refractivity contribution in [1.29, 1.82) is 0 Å². The van der Waals surface area contributed by atoms with E-state index in [0.717, 1.165) is 11.8 Å². The Bertz CT molecular complexity index is 4040. The van der Waals surface area contributed by atoms with E-state index in [0.29, 0.717) is 11.8 Å². The van der Waals surface area contributed by atoms with Gasteiger partial charge in [-0.2, -0.15) is 0 Å². The lowest BCUT2D eigenvalue weighted by Gasteiger charge is -2.63. The molecular formula is C80H76N2S. The number of hydrogen-bond donors (Lipinski definition) is 0. The predicted molar refractivity (Wildman–Crippen MR) is 352 cm³/mol. The lowest BCUT2D eigenvalue weighted by molar-refractivity contribution is -0.0441. The van der Waals surface area contributed by atoms with Gasteiger partial charge in [0.15, 0.2) is 0 Å². The SMILES string of the molecule is CC(C)(C)c1ccc(N(c2ccc3c(c2)C(C)(C)c2ccccc2-3)c2cc3c(c4ccccc24)Sc2c(cc(N(c4ccc(C(C)(C)C)cc4)c4ccc5c(c4)C(C)(C)c4ccccc4-5)c4ccccc24)C32C3CC4CC(C3)CC2C4)cc1. The Morgan fingerprint density at radius 2 is 0.699 bits per heavy atom. The molecule has 2 nitrogen and oxygen atoms in total. The lowest BCUT2D eigenvalue weighted by Crippen LogP contribution is -2.57. The average molecular weight is 1100 g/mol. The molecule has 0 unspecified atom stereocenters. The highest BCUT2D eigenvalue weighted by molar-refractivity contribution is 8.00. The first-order valence-corrected chi connectivity index (χ1v) is 31.8. The van der Waals surface area contributed by atoms with E-state index in [1.807, 2.05) is 0 Å². The fraction of sp³-hybridized carbons (Fsp3) is 0.300. The molecule has 83 heavy (non-hydrogen) atoms. The zero-order chi connectivity index (χ0) is 56.7. The van der Waals surface area contributed by atoms with E-state index in [9.17, 15) is 0 Å². The summed E-state index contributed by atoms with van der Waals surface area (Å²) < 4.78 is 0. The minimum Gasteiger partial charge on any atom is -0.310 e. The first-order chi connectivity index (χ1) is 39.9. The molecule has 1 heterocycles. The molecule has 7 aliphatic rings. The topological polar surface area (TPSA) is 6.48 Å². The van der Waals surface area contributed by atoms with Crippen LogP contribution < -0.4 is 9.80 Å². The van der Waals surface area contributed by atoms with Crippen molar-refractivity contribution in [3.8, 4) is 22.3 Å². The van der Waals surface area contributed by atoms with E-state index in [-0.39, 0.29) is 27.1 Å². The fourth-order valence-electron chi connectivity index (χ4n) is 17.7. The van der Waals surface area contributed by atoms with E-state index in [1.54, 1.807) is 11.1 Å². The first-order valence-electron chi connectivity index (χ1n) is 31.0. The van der Waals surface area contributed by atoms with Crippen LogP contribution in [0.25, 0.3) is 43.8 Å². The highest BCUT2D eigenvalue weighted by Crippen LogP contribution is 2.71. The number of anilines is 6. The maximum Gasteiger partial charge on any atom is 0.0543 e. The molecule has 3 heteroatoms. The minimum atomic E-state index is -0.201. The summed E-state index contributed by atoms with van der Waals surface area (Å²) >= 11 is 2.07. The molecule has 0 N–H and O–H groups in total. The summed E-state index contributed by atoms with van der Waals surface area (Å²) in [7, 11) is 0. The highest BCUT2D eigenvalue weighted by Gasteiger charge is 2.61. The minimum absolute atomic E-state index is 0.0270. The van der Waals surface area contributed by atoms with Crippen LogP contribution in [0.2, 0.25) is 0 Å². The zero-order valence-electron chi connectivity index (χ0n) is 50.1. The number of rotatable bonds is 6. The molecule has 6 aliphatic carbocycles. The molecule has 412 valence electrons. The van der Waals surface area contributed by atoms with E-state index in [2.05, 4.69) is 285 Å². The Morgan fingerprint density at radius 3 is 1.10 bits per heavy atom. The Morgan fingerprint density at radius 1 is 0.349 bits per heavy atom. The van der Waals surface area contributed by atoms with Crippen LogP contribution in [0, 0.1) is 23.7 Å². The van der Waals surface area contributed by atoms with Crippen LogP contribution in [0.1, 0.15) is 146 Å². The van der Waals surface area contributed by atoms with Gasteiger partial charge in [0.2, 0.25) is 0 Å². The van der Waals surface area contributed by atoms with E-state index in [4.69, 9.17) is 0 Å². The summed E-state index contributed by atoms with van der Waals surface area (Å²) in [5, 5.41) is 5.34. The smallest absolute Gasteiger partial charge is 0.0543 e. The van der Waals surface area contributed by atoms with Crippen molar-refractivity contribution in [2.24, 2.45) is 23.7 Å². The van der Waals surface area contributed by atoms with Gasteiger partial charge in [0.05, 0.1) is 11.4 Å². The quantitative estimate of drug-likeness (QED) is 0.164. The monoisotopic (exact) mass is 1100 g/mol. The van der Waals surface area contributed by atoms with Gasteiger partial charge in [-0.25, -0.2) is 0 Å². The Hall–Kier alpha value is -7.33. The van der Waals surface area contributed by atoms with Gasteiger partial charge in [-0.3, -0.25) is 0 Å². The lowest BCUT2D eigenvalue weighted by atomic mass is 9.42. The second-order valence-electron chi connectivity index (χ2n) is 29.0. The summed E-state index contributed by atoms with van der Waals surface area (Å²) in [4.78, 5) is 8.23. The molecule has 10 aromatic carbocycles. The number of hydrogen-bond acceptors (Lipinski definition) is 3. The molecule has 4 saturated carbocycles. The maximum absolute atomic E-state index is 2.76. The third-order valence-corrected chi connectivity index (χ3v) is 22.9. The van der Waals surface area contributed by atoms with Crippen molar-refractivity contribution in [3.63, 3.8) is 0 Å². The summed E-state index contributed by atoms with van der Waals surface area (Å²) in [6.45, 7) is 23.7. The van der Waals surface area contributed by atoms with Crippen molar-refractivity contribution >= 4 is 67.4 Å². The summed E-state index contributed by atoms with van der Waals surface area (Å²) in [6, 6.07) is 76.6. The summed E-state index contributed by atoms with van der Waals surface area (Å²) in [6.07, 6.45) is 6.56. The van der Waals surface area contributed by atoms with Gasteiger partial charge >= 0.3 is 0 Å². The third kappa shape index (κ3) is 7.41. The Labute approximate surface area is 497 Å². The van der Waals surface area contributed by atoms with Crippen LogP contribution in [0.15, 0.2) is 204 Å². The third-order valence-electron chi connectivity index (χ3n) is 21.6. The molecule has 0 aromatic heterocycles. The van der Waals surface area contributed by atoms with Crippen molar-refractivity contribution in [1.82, 2.24) is 0 Å². The Balaban J connectivity index is 0.965. The van der Waals surface area contributed by atoms with Gasteiger partial charge in [0, 0.05) is 59.6 Å². The van der Waals surface area contributed by atoms with Crippen LogP contribution in [0.5, 0.6) is 0 Å². The molecular weight excluding hydrogens is 1020 g/mol. The van der Waals surface area contributed by atoms with Crippen LogP contribution in [0.4, 0.5) is 34.1 Å². The molecule has 0 saturated heterocycles. The molecule has 4 fully saturated rings. The number of benzene rings is 10. The maximum atomic E-state index is 2.76. The highest BCUT2D eigenvalue weighted by atomic mass is 32.2. The zero-order valence-corrected chi connectivity index (χ0v) is 50.9. The van der Waals surface area contributed by atoms with Crippen LogP contribution in [-0.2, 0) is 27.1 Å². The Kier molecular flexibility index (Phi) is 11.0. The van der Waals surface area contributed by atoms with Crippen molar-refractivity contribution in [2.75, 3.05) is 9.80 Å². The number of fused-ring (bicyclic) bond motifs is 12. The largest absolute Gasteiger partial charge is 0.310 e. The van der Waals surface area contributed by atoms with Crippen LogP contribution in [-0.4, -0.2) is 0 Å². The number of nitrogens with zero attached hydrogens (tertiary/aromatic N) is 2.